The zero-order chi connectivity index (χ0) is 18.3. The van der Waals surface area contributed by atoms with Crippen molar-refractivity contribution in [2.45, 2.75) is 59.3 Å². The molecular formula is C21H37ClN2O2. The van der Waals surface area contributed by atoms with Gasteiger partial charge in [0, 0.05) is 25.3 Å². The van der Waals surface area contributed by atoms with E-state index < -0.39 is 0 Å². The highest BCUT2D eigenvalue weighted by atomic mass is 35.5. The second kappa shape index (κ2) is 16.0. The number of halogens is 1. The Morgan fingerprint density at radius 1 is 0.923 bits per heavy atom. The lowest BCUT2D eigenvalue weighted by molar-refractivity contribution is 0.0508. The number of anilines is 1. The van der Waals surface area contributed by atoms with Gasteiger partial charge in [0.1, 0.15) is 6.61 Å². The summed E-state index contributed by atoms with van der Waals surface area (Å²) in [7, 11) is 0. The summed E-state index contributed by atoms with van der Waals surface area (Å²) in [5.74, 6) is -0.243. The second-order valence-corrected chi connectivity index (χ2v) is 6.37. The first-order valence-electron chi connectivity index (χ1n) is 9.95. The first-order valence-corrected chi connectivity index (χ1v) is 9.95. The Morgan fingerprint density at radius 2 is 1.54 bits per heavy atom. The van der Waals surface area contributed by atoms with Crippen LogP contribution in [-0.2, 0) is 4.74 Å². The quantitative estimate of drug-likeness (QED) is 0.359. The van der Waals surface area contributed by atoms with Gasteiger partial charge in [-0.05, 0) is 51.1 Å². The van der Waals surface area contributed by atoms with Gasteiger partial charge in [0.05, 0.1) is 5.56 Å². The number of ether oxygens (including phenoxy) is 1. The molecule has 26 heavy (non-hydrogen) atoms. The Hall–Kier alpha value is -1.26. The molecule has 0 saturated carbocycles. The maximum Gasteiger partial charge on any atom is 0.338 e. The molecule has 0 aliphatic heterocycles. The fourth-order valence-electron chi connectivity index (χ4n) is 2.85. The summed E-state index contributed by atoms with van der Waals surface area (Å²) in [5, 5.41) is 3.34. The van der Waals surface area contributed by atoms with Crippen LogP contribution < -0.4 is 10.2 Å². The molecule has 0 saturated heterocycles. The summed E-state index contributed by atoms with van der Waals surface area (Å²) in [6.07, 6.45) is 7.80. The maximum atomic E-state index is 12.0. The summed E-state index contributed by atoms with van der Waals surface area (Å²) < 4.78 is 5.33. The van der Waals surface area contributed by atoms with Gasteiger partial charge in [-0.3, -0.25) is 0 Å². The molecular weight excluding hydrogens is 348 g/mol. The smallest absolute Gasteiger partial charge is 0.338 e. The maximum absolute atomic E-state index is 12.0. The number of carbonyl (C=O) groups is 1. The van der Waals surface area contributed by atoms with Crippen LogP contribution in [0.1, 0.15) is 69.7 Å². The normalized spacial score (nSPS) is 10.3. The van der Waals surface area contributed by atoms with Crippen LogP contribution in [0.25, 0.3) is 0 Å². The van der Waals surface area contributed by atoms with Crippen LogP contribution in [0.2, 0.25) is 0 Å². The van der Waals surface area contributed by atoms with Crippen LogP contribution in [-0.4, -0.2) is 38.8 Å². The lowest BCUT2D eigenvalue weighted by Gasteiger charge is -2.20. The molecule has 0 aromatic heterocycles. The molecule has 0 fully saturated rings. The predicted molar refractivity (Wildman–Crippen MR) is 114 cm³/mol. The Kier molecular flexibility index (Phi) is 15.2. The van der Waals surface area contributed by atoms with Gasteiger partial charge < -0.3 is 15.0 Å². The van der Waals surface area contributed by atoms with E-state index in [1.807, 2.05) is 24.3 Å². The topological polar surface area (TPSA) is 41.6 Å². The van der Waals surface area contributed by atoms with Crippen molar-refractivity contribution < 1.29 is 9.53 Å². The van der Waals surface area contributed by atoms with Crippen LogP contribution in [0.4, 0.5) is 5.69 Å². The molecule has 0 bridgehead atoms. The molecule has 0 amide bonds. The molecule has 0 radical (unpaired) electrons. The molecule has 0 aliphatic carbocycles. The average molecular weight is 385 g/mol. The Bertz CT molecular complexity index is 462. The molecule has 1 N–H and O–H groups in total. The van der Waals surface area contributed by atoms with Crippen molar-refractivity contribution in [2.75, 3.05) is 37.7 Å². The highest BCUT2D eigenvalue weighted by Crippen LogP contribution is 2.15. The molecule has 0 unspecified atom stereocenters. The number of carbonyl (C=O) groups excluding carboxylic acids is 1. The average Bonchev–Trinajstić information content (AvgIpc) is 2.64. The zero-order valence-electron chi connectivity index (χ0n) is 16.8. The highest BCUT2D eigenvalue weighted by Gasteiger charge is 2.08. The number of unbranched alkanes of at least 4 members (excludes halogenated alkanes) is 5. The van der Waals surface area contributed by atoms with E-state index in [-0.39, 0.29) is 18.4 Å². The van der Waals surface area contributed by atoms with Crippen molar-refractivity contribution in [3.63, 3.8) is 0 Å². The molecule has 0 heterocycles. The van der Waals surface area contributed by atoms with E-state index >= 15 is 0 Å². The highest BCUT2D eigenvalue weighted by molar-refractivity contribution is 5.89. The standard InChI is InChI=1S/C21H36N2O2.ClH/c1-4-7-8-9-10-11-16-22-17-18-25-21(24)19-12-14-20(15-13-19)23(5-2)6-3;/h12-15,22H,4-11,16-18H2,1-3H3;1H. The van der Waals surface area contributed by atoms with Crippen molar-refractivity contribution >= 4 is 24.1 Å². The van der Waals surface area contributed by atoms with Crippen molar-refractivity contribution in [2.24, 2.45) is 0 Å². The number of nitrogens with zero attached hydrogens (tertiary/aromatic N) is 1. The third-order valence-electron chi connectivity index (χ3n) is 4.45. The van der Waals surface area contributed by atoms with Gasteiger partial charge in [0.2, 0.25) is 0 Å². The first kappa shape index (κ1) is 24.7. The third kappa shape index (κ3) is 10.0. The lowest BCUT2D eigenvalue weighted by Crippen LogP contribution is -2.23. The summed E-state index contributed by atoms with van der Waals surface area (Å²) >= 11 is 0. The van der Waals surface area contributed by atoms with Crippen molar-refractivity contribution in [1.29, 1.82) is 0 Å². The largest absolute Gasteiger partial charge is 0.461 e. The molecule has 4 nitrogen and oxygen atoms in total. The van der Waals surface area contributed by atoms with Gasteiger partial charge >= 0.3 is 5.97 Å². The minimum absolute atomic E-state index is 0. The summed E-state index contributed by atoms with van der Waals surface area (Å²) in [4.78, 5) is 14.3. The van der Waals surface area contributed by atoms with Crippen molar-refractivity contribution in [1.82, 2.24) is 5.32 Å². The number of esters is 1. The van der Waals surface area contributed by atoms with Crippen LogP contribution in [0, 0.1) is 0 Å². The van der Waals surface area contributed by atoms with Gasteiger partial charge in [-0.1, -0.05) is 39.0 Å². The fraction of sp³-hybridized carbons (Fsp3) is 0.667. The van der Waals surface area contributed by atoms with E-state index in [1.54, 1.807) is 0 Å². The molecule has 1 aromatic rings. The second-order valence-electron chi connectivity index (χ2n) is 6.37. The van der Waals surface area contributed by atoms with E-state index in [2.05, 4.69) is 31.0 Å². The SMILES string of the molecule is CCCCCCCCNCCOC(=O)c1ccc(N(CC)CC)cc1.Cl. The van der Waals surface area contributed by atoms with E-state index in [4.69, 9.17) is 4.74 Å². The van der Waals surface area contributed by atoms with Gasteiger partial charge in [0.25, 0.3) is 0 Å². The Morgan fingerprint density at radius 3 is 2.15 bits per heavy atom. The summed E-state index contributed by atoms with van der Waals surface area (Å²) in [6, 6.07) is 7.67. The molecule has 0 spiro atoms. The first-order chi connectivity index (χ1) is 12.2. The van der Waals surface area contributed by atoms with Crippen molar-refractivity contribution in [3.05, 3.63) is 29.8 Å². The van der Waals surface area contributed by atoms with E-state index in [1.165, 1.54) is 38.5 Å². The minimum Gasteiger partial charge on any atom is -0.461 e. The van der Waals surface area contributed by atoms with Gasteiger partial charge in [-0.15, -0.1) is 12.4 Å². The predicted octanol–water partition coefficient (Wildman–Crippen LogP) is 5.06. The van der Waals surface area contributed by atoms with Gasteiger partial charge in [-0.2, -0.15) is 0 Å². The Labute approximate surface area is 166 Å². The number of nitrogens with one attached hydrogen (secondary N) is 1. The molecule has 0 atom stereocenters. The number of rotatable bonds is 14. The van der Waals surface area contributed by atoms with E-state index in [9.17, 15) is 4.79 Å². The van der Waals surface area contributed by atoms with Crippen LogP contribution in [0.3, 0.4) is 0 Å². The van der Waals surface area contributed by atoms with E-state index in [0.29, 0.717) is 12.2 Å². The van der Waals surface area contributed by atoms with Gasteiger partial charge in [-0.25, -0.2) is 4.79 Å². The van der Waals surface area contributed by atoms with Crippen LogP contribution in [0.5, 0.6) is 0 Å². The monoisotopic (exact) mass is 384 g/mol. The van der Waals surface area contributed by atoms with Gasteiger partial charge in [0.15, 0.2) is 0 Å². The summed E-state index contributed by atoms with van der Waals surface area (Å²) in [5.41, 5.74) is 1.76. The van der Waals surface area contributed by atoms with E-state index in [0.717, 1.165) is 31.9 Å². The number of hydrogen-bond donors (Lipinski definition) is 1. The third-order valence-corrected chi connectivity index (χ3v) is 4.45. The number of hydrogen-bond acceptors (Lipinski definition) is 4. The molecule has 5 heteroatoms. The fourth-order valence-corrected chi connectivity index (χ4v) is 2.85. The number of benzene rings is 1. The van der Waals surface area contributed by atoms with Crippen LogP contribution >= 0.6 is 12.4 Å². The molecule has 0 aliphatic rings. The lowest BCUT2D eigenvalue weighted by atomic mass is 10.1. The molecule has 1 rings (SSSR count). The van der Waals surface area contributed by atoms with Crippen molar-refractivity contribution in [3.8, 4) is 0 Å². The summed E-state index contributed by atoms with van der Waals surface area (Å²) in [6.45, 7) is 10.6. The zero-order valence-corrected chi connectivity index (χ0v) is 17.6. The molecule has 1 aromatic carbocycles. The van der Waals surface area contributed by atoms with Crippen LogP contribution in [0.15, 0.2) is 24.3 Å². The minimum atomic E-state index is -0.243. The molecule has 150 valence electrons. The Balaban J connectivity index is 0.00000625.